The maximum absolute atomic E-state index is 11.0. The largest absolute Gasteiger partial charge is 0.493 e. The highest BCUT2D eigenvalue weighted by molar-refractivity contribution is 6.35. The lowest BCUT2D eigenvalue weighted by atomic mass is 10.1. The molecule has 0 radical (unpaired) electrons. The molecule has 7 heteroatoms. The second kappa shape index (κ2) is 4.66. The second-order valence-corrected chi connectivity index (χ2v) is 3.77. The Morgan fingerprint density at radius 2 is 2.11 bits per heavy atom. The number of nitrogens with zero attached hydrogens (tertiary/aromatic N) is 2. The number of ether oxygens (including phenoxy) is 2. The van der Waals surface area contributed by atoms with Gasteiger partial charge in [-0.1, -0.05) is 11.6 Å². The van der Waals surface area contributed by atoms with Gasteiger partial charge in [0.25, 0.3) is 5.69 Å². The van der Waals surface area contributed by atoms with Crippen molar-refractivity contribution in [1.29, 1.82) is 0 Å². The summed E-state index contributed by atoms with van der Waals surface area (Å²) in [6.07, 6.45) is 1.41. The molecule has 0 aliphatic heterocycles. The second-order valence-electron chi connectivity index (χ2n) is 3.41. The van der Waals surface area contributed by atoms with Crippen molar-refractivity contribution >= 4 is 28.1 Å². The molecular formula is C11H9ClN2O4. The lowest BCUT2D eigenvalue weighted by Crippen LogP contribution is -1.97. The number of nitro groups is 1. The average Bonchev–Trinajstić information content (AvgIpc) is 2.36. The first kappa shape index (κ1) is 12.4. The average molecular weight is 269 g/mol. The molecule has 1 aromatic heterocycles. The lowest BCUT2D eigenvalue weighted by molar-refractivity contribution is -0.383. The molecule has 1 heterocycles. The van der Waals surface area contributed by atoms with Gasteiger partial charge in [-0.15, -0.1) is 0 Å². The molecule has 1 aromatic carbocycles. The molecule has 2 rings (SSSR count). The molecular weight excluding hydrogens is 260 g/mol. The molecule has 0 aliphatic rings. The molecule has 0 saturated carbocycles. The summed E-state index contributed by atoms with van der Waals surface area (Å²) in [5, 5.41) is 11.9. The lowest BCUT2D eigenvalue weighted by Gasteiger charge is -2.11. The Balaban J connectivity index is 2.98. The first-order chi connectivity index (χ1) is 8.60. The zero-order valence-corrected chi connectivity index (χ0v) is 10.4. The number of pyridine rings is 1. The zero-order chi connectivity index (χ0) is 13.3. The predicted molar refractivity (Wildman–Crippen MR) is 66.5 cm³/mol. The third-order valence-electron chi connectivity index (χ3n) is 2.52. The first-order valence-electron chi connectivity index (χ1n) is 4.93. The van der Waals surface area contributed by atoms with E-state index in [0.717, 1.165) is 0 Å². The maximum Gasteiger partial charge on any atom is 0.281 e. The number of hydrogen-bond acceptors (Lipinski definition) is 5. The standard InChI is InChI=1S/C11H9ClN2O4/c1-17-8-5-7(14(15)16)6-3-4-13-11(12)9(6)10(8)18-2/h3-5H,1-2H3. The van der Waals surface area contributed by atoms with E-state index in [-0.39, 0.29) is 16.6 Å². The van der Waals surface area contributed by atoms with E-state index in [9.17, 15) is 10.1 Å². The van der Waals surface area contributed by atoms with Crippen LogP contribution in [0.15, 0.2) is 18.3 Å². The minimum Gasteiger partial charge on any atom is -0.493 e. The fraction of sp³-hybridized carbons (Fsp3) is 0.182. The monoisotopic (exact) mass is 268 g/mol. The van der Waals surface area contributed by atoms with Crippen LogP contribution in [0, 0.1) is 10.1 Å². The van der Waals surface area contributed by atoms with Crippen molar-refractivity contribution in [1.82, 2.24) is 4.98 Å². The van der Waals surface area contributed by atoms with Crippen molar-refractivity contribution in [3.8, 4) is 11.5 Å². The number of rotatable bonds is 3. The first-order valence-corrected chi connectivity index (χ1v) is 5.31. The van der Waals surface area contributed by atoms with Crippen LogP contribution in [0.2, 0.25) is 5.15 Å². The van der Waals surface area contributed by atoms with E-state index in [0.29, 0.717) is 16.5 Å². The molecule has 0 spiro atoms. The Morgan fingerprint density at radius 3 is 2.67 bits per heavy atom. The molecule has 94 valence electrons. The number of fused-ring (bicyclic) bond motifs is 1. The van der Waals surface area contributed by atoms with E-state index in [1.54, 1.807) is 0 Å². The fourth-order valence-electron chi connectivity index (χ4n) is 1.76. The third-order valence-corrected chi connectivity index (χ3v) is 2.81. The highest BCUT2D eigenvalue weighted by Crippen LogP contribution is 2.43. The van der Waals surface area contributed by atoms with Crippen LogP contribution < -0.4 is 9.47 Å². The van der Waals surface area contributed by atoms with Gasteiger partial charge in [0, 0.05) is 6.20 Å². The highest BCUT2D eigenvalue weighted by atomic mass is 35.5. The summed E-state index contributed by atoms with van der Waals surface area (Å²) in [5.74, 6) is 0.572. The summed E-state index contributed by atoms with van der Waals surface area (Å²) >= 11 is 5.98. The molecule has 2 aromatic rings. The maximum atomic E-state index is 11.0. The van der Waals surface area contributed by atoms with Gasteiger partial charge >= 0.3 is 0 Å². The quantitative estimate of drug-likeness (QED) is 0.486. The molecule has 0 atom stereocenters. The molecule has 0 fully saturated rings. The molecule has 0 unspecified atom stereocenters. The number of non-ortho nitro benzene ring substituents is 1. The summed E-state index contributed by atoms with van der Waals surface area (Å²) < 4.78 is 10.3. The molecule has 0 aliphatic carbocycles. The van der Waals surface area contributed by atoms with E-state index in [2.05, 4.69) is 4.98 Å². The number of hydrogen-bond donors (Lipinski definition) is 0. The number of halogens is 1. The van der Waals surface area contributed by atoms with Crippen molar-refractivity contribution in [2.75, 3.05) is 14.2 Å². The molecule has 0 saturated heterocycles. The zero-order valence-electron chi connectivity index (χ0n) is 9.64. The minimum atomic E-state index is -0.499. The van der Waals surface area contributed by atoms with Crippen LogP contribution in [-0.2, 0) is 0 Å². The summed E-state index contributed by atoms with van der Waals surface area (Å²) in [6, 6.07) is 2.82. The molecule has 6 nitrogen and oxygen atoms in total. The molecule has 18 heavy (non-hydrogen) atoms. The van der Waals surface area contributed by atoms with Crippen LogP contribution in [0.3, 0.4) is 0 Å². The molecule has 0 amide bonds. The van der Waals surface area contributed by atoms with Crippen LogP contribution >= 0.6 is 11.6 Å². The van der Waals surface area contributed by atoms with Crippen LogP contribution in [0.25, 0.3) is 10.8 Å². The Labute approximate surface area is 107 Å². The highest BCUT2D eigenvalue weighted by Gasteiger charge is 2.22. The Kier molecular flexibility index (Phi) is 3.20. The van der Waals surface area contributed by atoms with Crippen molar-refractivity contribution in [3.05, 3.63) is 33.6 Å². The number of aromatic nitrogens is 1. The van der Waals surface area contributed by atoms with Crippen molar-refractivity contribution < 1.29 is 14.4 Å². The Hall–Kier alpha value is -2.08. The van der Waals surface area contributed by atoms with E-state index in [4.69, 9.17) is 21.1 Å². The van der Waals surface area contributed by atoms with E-state index >= 15 is 0 Å². The van der Waals surface area contributed by atoms with Gasteiger partial charge in [-0.3, -0.25) is 10.1 Å². The van der Waals surface area contributed by atoms with Gasteiger partial charge in [-0.2, -0.15) is 0 Å². The minimum absolute atomic E-state index is 0.105. The fourth-order valence-corrected chi connectivity index (χ4v) is 2.01. The Morgan fingerprint density at radius 1 is 1.39 bits per heavy atom. The van der Waals surface area contributed by atoms with Crippen LogP contribution in [0.4, 0.5) is 5.69 Å². The van der Waals surface area contributed by atoms with Crippen LogP contribution in [0.5, 0.6) is 11.5 Å². The predicted octanol–water partition coefficient (Wildman–Crippen LogP) is 2.81. The SMILES string of the molecule is COc1cc([N+](=O)[O-])c2ccnc(Cl)c2c1OC. The van der Waals surface area contributed by atoms with Gasteiger partial charge in [0.05, 0.1) is 36.0 Å². The number of benzene rings is 1. The third kappa shape index (κ3) is 1.80. The smallest absolute Gasteiger partial charge is 0.281 e. The van der Waals surface area contributed by atoms with Gasteiger partial charge in [-0.25, -0.2) is 4.98 Å². The van der Waals surface area contributed by atoms with E-state index in [1.165, 1.54) is 32.5 Å². The summed E-state index contributed by atoms with van der Waals surface area (Å²) in [7, 11) is 2.84. The van der Waals surface area contributed by atoms with E-state index < -0.39 is 4.92 Å². The number of nitro benzene ring substituents is 1. The van der Waals surface area contributed by atoms with Gasteiger partial charge in [-0.05, 0) is 6.07 Å². The van der Waals surface area contributed by atoms with Gasteiger partial charge < -0.3 is 9.47 Å². The van der Waals surface area contributed by atoms with Gasteiger partial charge in [0.15, 0.2) is 11.5 Å². The Bertz CT molecular complexity index is 630. The van der Waals surface area contributed by atoms with Crippen molar-refractivity contribution in [2.24, 2.45) is 0 Å². The van der Waals surface area contributed by atoms with Crippen LogP contribution in [0.1, 0.15) is 0 Å². The van der Waals surface area contributed by atoms with Gasteiger partial charge in [0.2, 0.25) is 0 Å². The van der Waals surface area contributed by atoms with Crippen LogP contribution in [-0.4, -0.2) is 24.1 Å². The van der Waals surface area contributed by atoms with E-state index in [1.807, 2.05) is 0 Å². The van der Waals surface area contributed by atoms with Gasteiger partial charge in [0.1, 0.15) is 5.15 Å². The molecule has 0 N–H and O–H groups in total. The van der Waals surface area contributed by atoms with Crippen molar-refractivity contribution in [3.63, 3.8) is 0 Å². The number of methoxy groups -OCH3 is 2. The topological polar surface area (TPSA) is 74.5 Å². The summed E-state index contributed by atoms with van der Waals surface area (Å²) in [4.78, 5) is 14.4. The summed E-state index contributed by atoms with van der Waals surface area (Å²) in [6.45, 7) is 0. The normalized spacial score (nSPS) is 10.4. The van der Waals surface area contributed by atoms with Crippen molar-refractivity contribution in [2.45, 2.75) is 0 Å². The summed E-state index contributed by atoms with van der Waals surface area (Å²) in [5.41, 5.74) is -0.105. The molecule has 0 bridgehead atoms.